The number of carbonyl (C=O) groups excluding carboxylic acids is 1. The quantitative estimate of drug-likeness (QED) is 0.431. The van der Waals surface area contributed by atoms with Crippen LogP contribution in [0.4, 0.5) is 5.69 Å². The molecule has 0 aromatic heterocycles. The number of amides is 1. The molecule has 1 fully saturated rings. The predicted molar refractivity (Wildman–Crippen MR) is 127 cm³/mol. The zero-order valence-electron chi connectivity index (χ0n) is 17.5. The van der Waals surface area contributed by atoms with Gasteiger partial charge in [0.15, 0.2) is 11.5 Å². The summed E-state index contributed by atoms with van der Waals surface area (Å²) < 4.78 is 11.2. The van der Waals surface area contributed by atoms with Crippen molar-refractivity contribution in [3.8, 4) is 11.5 Å². The van der Waals surface area contributed by atoms with Gasteiger partial charge in [-0.2, -0.15) is 0 Å². The summed E-state index contributed by atoms with van der Waals surface area (Å²) in [6.45, 7) is 2.48. The van der Waals surface area contributed by atoms with E-state index in [1.165, 1.54) is 0 Å². The topological polar surface area (TPSA) is 38.8 Å². The van der Waals surface area contributed by atoms with Crippen LogP contribution in [0.25, 0.3) is 0 Å². The maximum Gasteiger partial charge on any atom is 0.241 e. The Bertz CT molecular complexity index is 1060. The summed E-state index contributed by atoms with van der Waals surface area (Å²) in [6.07, 6.45) is 0.581. The van der Waals surface area contributed by atoms with Crippen LogP contribution in [0.1, 0.15) is 23.4 Å². The molecule has 31 heavy (non-hydrogen) atoms. The Kier molecular flexibility index (Phi) is 6.73. The Morgan fingerprint density at radius 3 is 2.45 bits per heavy atom. The number of benzene rings is 3. The van der Waals surface area contributed by atoms with Crippen LogP contribution in [0.5, 0.6) is 11.5 Å². The third-order valence-electron chi connectivity index (χ3n) is 5.21. The minimum absolute atomic E-state index is 0.0786. The number of hydrogen-bond acceptors (Lipinski definition) is 4. The van der Waals surface area contributed by atoms with Gasteiger partial charge in [0, 0.05) is 10.7 Å². The molecule has 3 aromatic carbocycles. The first-order valence-electron chi connectivity index (χ1n) is 10.2. The lowest BCUT2D eigenvalue weighted by Gasteiger charge is -2.25. The van der Waals surface area contributed by atoms with Crippen molar-refractivity contribution in [2.45, 2.75) is 24.0 Å². The predicted octanol–water partition coefficient (Wildman–Crippen LogP) is 6.14. The monoisotopic (exact) mass is 453 g/mol. The molecule has 0 bridgehead atoms. The van der Waals surface area contributed by atoms with Crippen molar-refractivity contribution in [3.05, 3.63) is 88.9 Å². The lowest BCUT2D eigenvalue weighted by molar-refractivity contribution is -0.117. The van der Waals surface area contributed by atoms with Crippen molar-refractivity contribution in [2.24, 2.45) is 0 Å². The van der Waals surface area contributed by atoms with Crippen molar-refractivity contribution in [2.75, 3.05) is 18.6 Å². The van der Waals surface area contributed by atoms with Crippen LogP contribution in [-0.2, 0) is 11.2 Å². The number of thioether (sulfide) groups is 1. The molecule has 3 aromatic rings. The average molecular weight is 454 g/mol. The molecule has 0 saturated carbocycles. The van der Waals surface area contributed by atoms with E-state index < -0.39 is 0 Å². The molecule has 4 rings (SSSR count). The van der Waals surface area contributed by atoms with Gasteiger partial charge in [0.25, 0.3) is 0 Å². The minimum Gasteiger partial charge on any atom is -0.493 e. The third-order valence-corrected chi connectivity index (χ3v) is 7.02. The first-order valence-corrected chi connectivity index (χ1v) is 11.5. The molecule has 4 nitrogen and oxygen atoms in total. The summed E-state index contributed by atoms with van der Waals surface area (Å²) in [6, 6.07) is 23.4. The van der Waals surface area contributed by atoms with Gasteiger partial charge < -0.3 is 9.47 Å². The number of ether oxygens (including phenoxy) is 2. The summed E-state index contributed by atoms with van der Waals surface area (Å²) >= 11 is 8.02. The number of anilines is 1. The molecule has 1 saturated heterocycles. The fraction of sp³-hybridized carbons (Fsp3) is 0.240. The summed E-state index contributed by atoms with van der Waals surface area (Å²) in [5.74, 6) is 1.44. The van der Waals surface area contributed by atoms with Crippen LogP contribution in [0.2, 0.25) is 5.02 Å². The van der Waals surface area contributed by atoms with Gasteiger partial charge in [0.1, 0.15) is 5.37 Å². The first-order chi connectivity index (χ1) is 15.1. The van der Waals surface area contributed by atoms with E-state index in [1.54, 1.807) is 18.9 Å². The number of para-hydroxylation sites is 1. The Morgan fingerprint density at radius 1 is 1.00 bits per heavy atom. The highest BCUT2D eigenvalue weighted by molar-refractivity contribution is 8.01. The molecular formula is C25H24ClNO3S. The summed E-state index contributed by atoms with van der Waals surface area (Å²) in [5.41, 5.74) is 2.85. The number of methoxy groups -OCH3 is 1. The second-order valence-corrected chi connectivity index (χ2v) is 8.85. The average Bonchev–Trinajstić information content (AvgIpc) is 3.12. The normalized spacial score (nSPS) is 18.3. The van der Waals surface area contributed by atoms with Gasteiger partial charge in [-0.15, -0.1) is 11.8 Å². The van der Waals surface area contributed by atoms with Crippen LogP contribution >= 0.6 is 23.4 Å². The van der Waals surface area contributed by atoms with Gasteiger partial charge >= 0.3 is 0 Å². The second kappa shape index (κ2) is 9.67. The molecule has 1 amide bonds. The maximum atomic E-state index is 13.5. The van der Waals surface area contributed by atoms with Crippen molar-refractivity contribution in [1.29, 1.82) is 0 Å². The highest BCUT2D eigenvalue weighted by Gasteiger charge is 2.42. The Balaban J connectivity index is 1.71. The summed E-state index contributed by atoms with van der Waals surface area (Å²) in [5, 5.41) is 0.281. The zero-order chi connectivity index (χ0) is 21.8. The SMILES string of the molecule is CCOc1cc([C@@H]2S[C@@H](Cc3ccccc3Cl)C(=O)N2c2ccccc2)ccc1OC. The molecule has 1 aliphatic heterocycles. The van der Waals surface area contributed by atoms with Gasteiger partial charge in [0.05, 0.1) is 19.0 Å². The lowest BCUT2D eigenvalue weighted by Crippen LogP contribution is -2.31. The number of halogens is 1. The molecule has 0 radical (unpaired) electrons. The van der Waals surface area contributed by atoms with E-state index in [4.69, 9.17) is 21.1 Å². The van der Waals surface area contributed by atoms with E-state index in [1.807, 2.05) is 84.6 Å². The number of carbonyl (C=O) groups is 1. The molecule has 0 aliphatic carbocycles. The van der Waals surface area contributed by atoms with Crippen molar-refractivity contribution in [3.63, 3.8) is 0 Å². The molecule has 2 atom stereocenters. The van der Waals surface area contributed by atoms with E-state index in [-0.39, 0.29) is 16.5 Å². The van der Waals surface area contributed by atoms with Crippen LogP contribution in [0.3, 0.4) is 0 Å². The smallest absolute Gasteiger partial charge is 0.241 e. The molecular weight excluding hydrogens is 430 g/mol. The Hall–Kier alpha value is -2.63. The molecule has 0 unspecified atom stereocenters. The van der Waals surface area contributed by atoms with Crippen molar-refractivity contribution in [1.82, 2.24) is 0 Å². The van der Waals surface area contributed by atoms with Crippen LogP contribution in [0.15, 0.2) is 72.8 Å². The standard InChI is InChI=1S/C25H24ClNO3S/c1-3-30-22-15-18(13-14-21(22)29-2)25-27(19-10-5-4-6-11-19)24(28)23(31-25)16-17-9-7-8-12-20(17)26/h4-15,23,25H,3,16H2,1-2H3/t23-,25-/m0/s1. The molecule has 1 aliphatic rings. The number of hydrogen-bond donors (Lipinski definition) is 0. The zero-order valence-corrected chi connectivity index (χ0v) is 19.0. The fourth-order valence-corrected chi connectivity index (χ4v) is 5.42. The summed E-state index contributed by atoms with van der Waals surface area (Å²) in [7, 11) is 1.63. The van der Waals surface area contributed by atoms with Crippen molar-refractivity contribution >= 4 is 35.0 Å². The molecule has 0 N–H and O–H groups in total. The first kappa shape index (κ1) is 21.6. The highest BCUT2D eigenvalue weighted by Crippen LogP contribution is 2.48. The minimum atomic E-state index is -0.234. The summed E-state index contributed by atoms with van der Waals surface area (Å²) in [4.78, 5) is 15.4. The fourth-order valence-electron chi connectivity index (χ4n) is 3.74. The highest BCUT2D eigenvalue weighted by atomic mass is 35.5. The molecule has 160 valence electrons. The molecule has 1 heterocycles. The van der Waals surface area contributed by atoms with E-state index in [9.17, 15) is 4.79 Å². The van der Waals surface area contributed by atoms with Crippen LogP contribution in [0, 0.1) is 0 Å². The van der Waals surface area contributed by atoms with Crippen LogP contribution < -0.4 is 14.4 Å². The second-order valence-electron chi connectivity index (χ2n) is 7.16. The Morgan fingerprint density at radius 2 is 1.74 bits per heavy atom. The van der Waals surface area contributed by atoms with Gasteiger partial charge in [-0.1, -0.05) is 54.1 Å². The lowest BCUT2D eigenvalue weighted by atomic mass is 10.1. The van der Waals surface area contributed by atoms with Gasteiger partial charge in [-0.25, -0.2) is 0 Å². The Labute approximate surface area is 192 Å². The van der Waals surface area contributed by atoms with E-state index >= 15 is 0 Å². The number of rotatable bonds is 7. The van der Waals surface area contributed by atoms with Crippen LogP contribution in [-0.4, -0.2) is 24.9 Å². The third kappa shape index (κ3) is 4.53. The van der Waals surface area contributed by atoms with E-state index in [0.29, 0.717) is 29.5 Å². The largest absolute Gasteiger partial charge is 0.493 e. The van der Waals surface area contributed by atoms with Gasteiger partial charge in [-0.05, 0) is 54.8 Å². The number of nitrogens with zero attached hydrogens (tertiary/aromatic N) is 1. The molecule has 6 heteroatoms. The van der Waals surface area contributed by atoms with Crippen molar-refractivity contribution < 1.29 is 14.3 Å². The maximum absolute atomic E-state index is 13.5. The van der Waals surface area contributed by atoms with E-state index in [2.05, 4.69) is 0 Å². The van der Waals surface area contributed by atoms with Gasteiger partial charge in [0.2, 0.25) is 5.91 Å². The van der Waals surface area contributed by atoms with E-state index in [0.717, 1.165) is 16.8 Å². The van der Waals surface area contributed by atoms with Gasteiger partial charge in [-0.3, -0.25) is 9.69 Å². The molecule has 0 spiro atoms.